The molecule has 220 valence electrons. The minimum atomic E-state index is -0.876. The standard InChI is InChI=1S/C30H40N6O5/c1-18-10-12-21(13-11-18)17-34-29(40)23(9-7-8-14-33-28(39)22(16-31)15-30(4,5)6)35-27(38)19(2)24-20(3)41-36-25(24)26(32)37/h10-13,15,19,23H,7-9,14,17H2,1-6H3,(H2,32,37)(H,33,39)(H,34,40)(H,35,38)/t19-,23+/m1/s1. The van der Waals surface area contributed by atoms with E-state index >= 15 is 0 Å². The van der Waals surface area contributed by atoms with Gasteiger partial charge in [-0.3, -0.25) is 19.2 Å². The average Bonchev–Trinajstić information content (AvgIpc) is 3.30. The molecule has 2 aromatic rings. The summed E-state index contributed by atoms with van der Waals surface area (Å²) in [6.07, 6.45) is 2.93. The third kappa shape index (κ3) is 10.2. The van der Waals surface area contributed by atoms with Crippen LogP contribution in [0, 0.1) is 30.6 Å². The van der Waals surface area contributed by atoms with Crippen LogP contribution < -0.4 is 21.7 Å². The first kappa shape index (κ1) is 32.8. The van der Waals surface area contributed by atoms with Crippen molar-refractivity contribution in [3.05, 3.63) is 64.1 Å². The Balaban J connectivity index is 2.06. The lowest BCUT2D eigenvalue weighted by atomic mass is 9.93. The van der Waals surface area contributed by atoms with Crippen LogP contribution in [-0.2, 0) is 20.9 Å². The Hall–Kier alpha value is -4.46. The summed E-state index contributed by atoms with van der Waals surface area (Å²) in [5, 5.41) is 21.3. The summed E-state index contributed by atoms with van der Waals surface area (Å²) in [4.78, 5) is 50.5. The van der Waals surface area contributed by atoms with Crippen molar-refractivity contribution in [1.29, 1.82) is 5.26 Å². The Morgan fingerprint density at radius 2 is 1.73 bits per heavy atom. The first-order valence-corrected chi connectivity index (χ1v) is 13.5. The summed E-state index contributed by atoms with van der Waals surface area (Å²) in [5.41, 5.74) is 7.27. The van der Waals surface area contributed by atoms with E-state index in [2.05, 4.69) is 21.1 Å². The second-order valence-corrected chi connectivity index (χ2v) is 11.1. The predicted octanol–water partition coefficient (Wildman–Crippen LogP) is 3.08. The molecule has 0 aliphatic heterocycles. The Morgan fingerprint density at radius 3 is 2.32 bits per heavy atom. The summed E-state index contributed by atoms with van der Waals surface area (Å²) in [5.74, 6) is -2.70. The number of nitriles is 1. The van der Waals surface area contributed by atoms with Gasteiger partial charge >= 0.3 is 0 Å². The Bertz CT molecular complexity index is 1310. The van der Waals surface area contributed by atoms with Crippen molar-refractivity contribution in [1.82, 2.24) is 21.1 Å². The van der Waals surface area contributed by atoms with Crippen molar-refractivity contribution >= 4 is 23.6 Å². The highest BCUT2D eigenvalue weighted by Crippen LogP contribution is 2.24. The van der Waals surface area contributed by atoms with E-state index in [0.29, 0.717) is 25.8 Å². The van der Waals surface area contributed by atoms with Gasteiger partial charge in [0.1, 0.15) is 23.4 Å². The van der Waals surface area contributed by atoms with E-state index in [9.17, 15) is 24.4 Å². The summed E-state index contributed by atoms with van der Waals surface area (Å²) in [7, 11) is 0. The van der Waals surface area contributed by atoms with Crippen LogP contribution >= 0.6 is 0 Å². The predicted molar refractivity (Wildman–Crippen MR) is 153 cm³/mol. The first-order valence-electron chi connectivity index (χ1n) is 13.5. The SMILES string of the molecule is Cc1ccc(CNC(=O)[C@H](CCCCNC(=O)C(C#N)=CC(C)(C)C)NC(=O)[C@H](C)c2c(C(N)=O)noc2C)cc1. The smallest absolute Gasteiger partial charge is 0.271 e. The zero-order chi connectivity index (χ0) is 30.7. The number of carbonyl (C=O) groups excluding carboxylic acids is 4. The fourth-order valence-corrected chi connectivity index (χ4v) is 4.13. The second kappa shape index (κ2) is 14.8. The number of benzene rings is 1. The lowest BCUT2D eigenvalue weighted by Gasteiger charge is -2.21. The number of amides is 4. The fourth-order valence-electron chi connectivity index (χ4n) is 4.13. The molecule has 0 saturated heterocycles. The maximum absolute atomic E-state index is 13.2. The number of carbonyl (C=O) groups is 4. The van der Waals surface area contributed by atoms with Crippen LogP contribution in [0.15, 0.2) is 40.4 Å². The van der Waals surface area contributed by atoms with Gasteiger partial charge in [-0.05, 0) is 51.0 Å². The van der Waals surface area contributed by atoms with Gasteiger partial charge in [-0.2, -0.15) is 5.26 Å². The molecule has 0 saturated carbocycles. The molecule has 0 aliphatic carbocycles. The molecule has 1 aromatic heterocycles. The third-order valence-corrected chi connectivity index (χ3v) is 6.34. The zero-order valence-electron chi connectivity index (χ0n) is 24.6. The van der Waals surface area contributed by atoms with Crippen molar-refractivity contribution < 1.29 is 23.7 Å². The summed E-state index contributed by atoms with van der Waals surface area (Å²) >= 11 is 0. The van der Waals surface area contributed by atoms with Crippen molar-refractivity contribution in [2.45, 2.75) is 79.3 Å². The summed E-state index contributed by atoms with van der Waals surface area (Å²) < 4.78 is 5.07. The van der Waals surface area contributed by atoms with Gasteiger partial charge in [-0.25, -0.2) is 0 Å². The summed E-state index contributed by atoms with van der Waals surface area (Å²) in [6, 6.07) is 8.78. The van der Waals surface area contributed by atoms with Crippen LogP contribution in [0.2, 0.25) is 0 Å². The minimum absolute atomic E-state index is 0.0477. The van der Waals surface area contributed by atoms with E-state index in [0.717, 1.165) is 11.1 Å². The highest BCUT2D eigenvalue weighted by atomic mass is 16.5. The van der Waals surface area contributed by atoms with Gasteiger partial charge in [0.25, 0.3) is 11.8 Å². The molecule has 2 atom stereocenters. The quantitative estimate of drug-likeness (QED) is 0.164. The number of nitrogens with zero attached hydrogens (tertiary/aromatic N) is 2. The number of nitrogens with one attached hydrogen (secondary N) is 3. The molecule has 0 aliphatic rings. The van der Waals surface area contributed by atoms with E-state index in [1.54, 1.807) is 19.9 Å². The van der Waals surface area contributed by atoms with Crippen molar-refractivity contribution in [3.63, 3.8) is 0 Å². The molecule has 0 radical (unpaired) electrons. The number of aryl methyl sites for hydroxylation is 2. The van der Waals surface area contributed by atoms with Crippen LogP contribution in [0.25, 0.3) is 0 Å². The topological polar surface area (TPSA) is 180 Å². The highest BCUT2D eigenvalue weighted by Gasteiger charge is 2.30. The van der Waals surface area contributed by atoms with Gasteiger partial charge in [0.2, 0.25) is 11.8 Å². The first-order chi connectivity index (χ1) is 19.2. The van der Waals surface area contributed by atoms with Gasteiger partial charge in [-0.1, -0.05) is 61.8 Å². The maximum Gasteiger partial charge on any atom is 0.271 e. The van der Waals surface area contributed by atoms with Gasteiger partial charge in [0.05, 0.1) is 5.92 Å². The van der Waals surface area contributed by atoms with Gasteiger partial charge in [0.15, 0.2) is 5.69 Å². The molecule has 41 heavy (non-hydrogen) atoms. The van der Waals surface area contributed by atoms with Crippen LogP contribution in [0.3, 0.4) is 0 Å². The van der Waals surface area contributed by atoms with Gasteiger partial charge < -0.3 is 26.2 Å². The molecule has 5 N–H and O–H groups in total. The second-order valence-electron chi connectivity index (χ2n) is 11.1. The number of nitrogens with two attached hydrogens (primary N) is 1. The number of hydrogen-bond acceptors (Lipinski definition) is 7. The molecule has 0 bridgehead atoms. The van der Waals surface area contributed by atoms with E-state index < -0.39 is 29.7 Å². The Labute approximate surface area is 240 Å². The molecular formula is C30H40N6O5. The molecule has 0 fully saturated rings. The molecule has 0 spiro atoms. The maximum atomic E-state index is 13.2. The number of primary amides is 1. The molecule has 2 rings (SSSR count). The molecule has 1 aromatic carbocycles. The molecular weight excluding hydrogens is 524 g/mol. The van der Waals surface area contributed by atoms with E-state index in [1.807, 2.05) is 58.0 Å². The van der Waals surface area contributed by atoms with E-state index in [1.165, 1.54) is 0 Å². The number of rotatable bonds is 13. The summed E-state index contributed by atoms with van der Waals surface area (Å²) in [6.45, 7) is 11.4. The number of aromatic nitrogens is 1. The molecule has 11 heteroatoms. The van der Waals surface area contributed by atoms with Crippen LogP contribution in [-0.4, -0.2) is 41.4 Å². The number of hydrogen-bond donors (Lipinski definition) is 4. The van der Waals surface area contributed by atoms with Gasteiger partial charge in [0, 0.05) is 18.7 Å². The number of unbranched alkanes of at least 4 members (excludes halogenated alkanes) is 1. The van der Waals surface area contributed by atoms with Crippen molar-refractivity contribution in [2.24, 2.45) is 11.1 Å². The van der Waals surface area contributed by atoms with Crippen LogP contribution in [0.1, 0.15) is 85.8 Å². The van der Waals surface area contributed by atoms with E-state index in [4.69, 9.17) is 10.3 Å². The van der Waals surface area contributed by atoms with Crippen molar-refractivity contribution in [3.8, 4) is 6.07 Å². The molecule has 0 unspecified atom stereocenters. The van der Waals surface area contributed by atoms with Crippen LogP contribution in [0.4, 0.5) is 0 Å². The third-order valence-electron chi connectivity index (χ3n) is 6.34. The zero-order valence-corrected chi connectivity index (χ0v) is 24.6. The molecule has 1 heterocycles. The lowest BCUT2D eigenvalue weighted by molar-refractivity contribution is -0.129. The minimum Gasteiger partial charge on any atom is -0.364 e. The Kier molecular flexibility index (Phi) is 11.8. The largest absolute Gasteiger partial charge is 0.364 e. The monoisotopic (exact) mass is 564 g/mol. The fraction of sp³-hybridized carbons (Fsp3) is 0.467. The normalized spacial score (nSPS) is 13.0. The average molecular weight is 565 g/mol. The van der Waals surface area contributed by atoms with Crippen molar-refractivity contribution in [2.75, 3.05) is 6.54 Å². The lowest BCUT2D eigenvalue weighted by Crippen LogP contribution is -2.47. The van der Waals surface area contributed by atoms with Crippen LogP contribution in [0.5, 0.6) is 0 Å². The number of allylic oxidation sites excluding steroid dienone is 1. The van der Waals surface area contributed by atoms with E-state index in [-0.39, 0.29) is 40.5 Å². The Morgan fingerprint density at radius 1 is 1.07 bits per heavy atom. The molecule has 4 amide bonds. The van der Waals surface area contributed by atoms with Gasteiger partial charge in [-0.15, -0.1) is 0 Å². The highest BCUT2D eigenvalue weighted by molar-refractivity contribution is 5.97. The molecule has 11 nitrogen and oxygen atoms in total.